The predicted octanol–water partition coefficient (Wildman–Crippen LogP) is 2.70. The van der Waals surface area contributed by atoms with Crippen LogP contribution in [0.25, 0.3) is 0 Å². The van der Waals surface area contributed by atoms with Gasteiger partial charge in [0.25, 0.3) is 0 Å². The lowest BCUT2D eigenvalue weighted by molar-refractivity contribution is -0.140. The van der Waals surface area contributed by atoms with E-state index in [1.54, 1.807) is 6.07 Å². The molecule has 1 aromatic heterocycles. The van der Waals surface area contributed by atoms with Gasteiger partial charge < -0.3 is 16.0 Å². The van der Waals surface area contributed by atoms with Crippen LogP contribution in [0.5, 0.6) is 0 Å². The minimum Gasteiger partial charge on any atom is -0.384 e. The number of nitrogens with two attached hydrogens (primary N) is 1. The van der Waals surface area contributed by atoms with Gasteiger partial charge in [-0.15, -0.1) is 11.3 Å². The Morgan fingerprint density at radius 1 is 1.10 bits per heavy atom. The lowest BCUT2D eigenvalue weighted by Gasteiger charge is -2.33. The number of nitrogen functional groups attached to an aromatic ring is 1. The Labute approximate surface area is 233 Å². The van der Waals surface area contributed by atoms with Crippen LogP contribution in [0.15, 0.2) is 66.7 Å². The molecule has 2 amide bonds. The topological polar surface area (TPSA) is 145 Å². The smallest absolute Gasteiger partial charge is 0.243 e. The maximum Gasteiger partial charge on any atom is 0.243 e. The quantitative estimate of drug-likeness (QED) is 0.220. The van der Waals surface area contributed by atoms with Gasteiger partial charge in [0, 0.05) is 27.8 Å². The van der Waals surface area contributed by atoms with Crippen LogP contribution in [-0.2, 0) is 26.2 Å². The summed E-state index contributed by atoms with van der Waals surface area (Å²) in [7, 11) is -3.78. The highest BCUT2D eigenvalue weighted by Gasteiger charge is 2.41. The van der Waals surface area contributed by atoms with Crippen molar-refractivity contribution in [3.05, 3.63) is 93.2 Å². The van der Waals surface area contributed by atoms with E-state index in [0.29, 0.717) is 24.9 Å². The third-order valence-corrected chi connectivity index (χ3v) is 8.52. The van der Waals surface area contributed by atoms with Crippen molar-refractivity contribution in [1.82, 2.24) is 14.9 Å². The largest absolute Gasteiger partial charge is 0.384 e. The van der Waals surface area contributed by atoms with Crippen molar-refractivity contribution < 1.29 is 18.0 Å². The molecular formula is C28H33N5O4S2. The summed E-state index contributed by atoms with van der Waals surface area (Å²) >= 11 is 1.45. The fraction of sp³-hybridized carbons (Fsp3) is 0.321. The normalized spacial score (nSPS) is 16.3. The molecule has 1 saturated heterocycles. The van der Waals surface area contributed by atoms with Crippen LogP contribution in [0.3, 0.4) is 0 Å². The van der Waals surface area contributed by atoms with Crippen molar-refractivity contribution in [2.45, 2.75) is 44.3 Å². The second kappa shape index (κ2) is 12.1. The molecule has 0 bridgehead atoms. The van der Waals surface area contributed by atoms with Crippen molar-refractivity contribution in [3.63, 3.8) is 0 Å². The number of benzene rings is 2. The molecule has 9 nitrogen and oxygen atoms in total. The van der Waals surface area contributed by atoms with E-state index in [1.807, 2.05) is 67.6 Å². The van der Waals surface area contributed by atoms with E-state index in [-0.39, 0.29) is 18.3 Å². The summed E-state index contributed by atoms with van der Waals surface area (Å²) < 4.78 is 27.6. The number of carbonyl (C=O) groups is 2. The number of hydrogen-bond acceptors (Lipinski definition) is 6. The number of thiophene rings is 1. The standard InChI is InChI=1S/C28H33N5O4S2/c1-18-22(26(29)30)16-21(38-18)17-31-27(34)23-14-9-15-33(23)28(35)25(32-39(2,36)37)24(19-10-5-3-6-11-19)20-12-7-4-8-13-20/h3-8,10-13,16,23-25,32H,9,14-15,17H2,1-2H3,(H3,29,30)(H,31,34)/t23?,25-/m1/s1. The van der Waals surface area contributed by atoms with E-state index in [0.717, 1.165) is 27.1 Å². The van der Waals surface area contributed by atoms with Gasteiger partial charge in [-0.3, -0.25) is 15.0 Å². The van der Waals surface area contributed by atoms with Crippen molar-refractivity contribution in [2.24, 2.45) is 5.73 Å². The first-order valence-corrected chi connectivity index (χ1v) is 15.3. The molecule has 0 radical (unpaired) electrons. The number of nitrogens with zero attached hydrogens (tertiary/aromatic N) is 1. The summed E-state index contributed by atoms with van der Waals surface area (Å²) in [6.45, 7) is 2.47. The number of hydrogen-bond donors (Lipinski definition) is 4. The Hall–Kier alpha value is -3.54. The molecule has 1 unspecified atom stereocenters. The zero-order chi connectivity index (χ0) is 28.2. The molecule has 2 aromatic carbocycles. The van der Waals surface area contributed by atoms with E-state index in [9.17, 15) is 18.0 Å². The lowest BCUT2D eigenvalue weighted by Crippen LogP contribution is -2.55. The maximum absolute atomic E-state index is 14.1. The van der Waals surface area contributed by atoms with E-state index < -0.39 is 33.9 Å². The Morgan fingerprint density at radius 3 is 2.21 bits per heavy atom. The molecule has 1 fully saturated rings. The van der Waals surface area contributed by atoms with E-state index >= 15 is 0 Å². The van der Waals surface area contributed by atoms with Crippen LogP contribution in [0.2, 0.25) is 0 Å². The minimum absolute atomic E-state index is 0.0234. The predicted molar refractivity (Wildman–Crippen MR) is 153 cm³/mol. The first-order valence-electron chi connectivity index (χ1n) is 12.6. The van der Waals surface area contributed by atoms with Crippen LogP contribution >= 0.6 is 11.3 Å². The number of aryl methyl sites for hydroxylation is 1. The summed E-state index contributed by atoms with van der Waals surface area (Å²) in [5, 5.41) is 10.6. The zero-order valence-electron chi connectivity index (χ0n) is 21.9. The minimum atomic E-state index is -3.78. The Kier molecular flexibility index (Phi) is 8.83. The van der Waals surface area contributed by atoms with E-state index in [4.69, 9.17) is 11.1 Å². The second-order valence-corrected chi connectivity index (χ2v) is 12.8. The van der Waals surface area contributed by atoms with Gasteiger partial charge in [0.05, 0.1) is 12.8 Å². The molecule has 206 valence electrons. The van der Waals surface area contributed by atoms with Crippen LogP contribution in [0.4, 0.5) is 0 Å². The van der Waals surface area contributed by atoms with Crippen LogP contribution in [0, 0.1) is 12.3 Å². The first-order chi connectivity index (χ1) is 18.5. The van der Waals surface area contributed by atoms with E-state index in [1.165, 1.54) is 16.2 Å². The molecule has 3 aromatic rings. The molecule has 11 heteroatoms. The molecule has 1 aliphatic rings. The molecule has 1 aliphatic heterocycles. The molecule has 39 heavy (non-hydrogen) atoms. The Morgan fingerprint density at radius 2 is 1.69 bits per heavy atom. The highest BCUT2D eigenvalue weighted by Crippen LogP contribution is 2.31. The van der Waals surface area contributed by atoms with Crippen molar-refractivity contribution in [2.75, 3.05) is 12.8 Å². The molecule has 0 saturated carbocycles. The highest BCUT2D eigenvalue weighted by atomic mass is 32.2. The fourth-order valence-electron chi connectivity index (χ4n) is 5.06. The number of amides is 2. The summed E-state index contributed by atoms with van der Waals surface area (Å²) in [4.78, 5) is 30.6. The number of amidine groups is 1. The second-order valence-electron chi connectivity index (χ2n) is 9.67. The van der Waals surface area contributed by atoms with Gasteiger partial charge in [-0.05, 0) is 37.0 Å². The fourth-order valence-corrected chi connectivity index (χ4v) is 6.75. The third-order valence-electron chi connectivity index (χ3n) is 6.79. The number of sulfonamides is 1. The molecule has 2 heterocycles. The Balaban J connectivity index is 1.61. The number of likely N-dealkylation sites (tertiary alicyclic amines) is 1. The SMILES string of the molecule is Cc1sc(CNC(=O)C2CCCN2C(=O)[C@H](NS(C)(=O)=O)C(c2ccccc2)c2ccccc2)cc1C(=N)N. The van der Waals surface area contributed by atoms with Crippen LogP contribution in [0.1, 0.15) is 45.2 Å². The number of carbonyl (C=O) groups excluding carboxylic acids is 2. The molecular weight excluding hydrogens is 534 g/mol. The highest BCUT2D eigenvalue weighted by molar-refractivity contribution is 7.88. The molecule has 2 atom stereocenters. The zero-order valence-corrected chi connectivity index (χ0v) is 23.5. The molecule has 4 rings (SSSR count). The average molecular weight is 568 g/mol. The van der Waals surface area contributed by atoms with Crippen molar-refractivity contribution in [1.29, 1.82) is 5.41 Å². The average Bonchev–Trinajstić information content (AvgIpc) is 3.54. The van der Waals surface area contributed by atoms with Gasteiger partial charge in [0.15, 0.2) is 0 Å². The summed E-state index contributed by atoms with van der Waals surface area (Å²) in [5.74, 6) is -1.37. The third kappa shape index (κ3) is 6.92. The molecule has 5 N–H and O–H groups in total. The maximum atomic E-state index is 14.1. The first kappa shape index (κ1) is 28.5. The van der Waals surface area contributed by atoms with Gasteiger partial charge in [-0.25, -0.2) is 13.1 Å². The van der Waals surface area contributed by atoms with Gasteiger partial charge >= 0.3 is 0 Å². The molecule has 0 aliphatic carbocycles. The summed E-state index contributed by atoms with van der Waals surface area (Å²) in [6.07, 6.45) is 2.14. The van der Waals surface area contributed by atoms with Crippen molar-refractivity contribution >= 4 is 39.0 Å². The lowest BCUT2D eigenvalue weighted by atomic mass is 9.84. The summed E-state index contributed by atoms with van der Waals surface area (Å²) in [5.41, 5.74) is 7.84. The van der Waals surface area contributed by atoms with Gasteiger partial charge in [0.1, 0.15) is 17.9 Å². The van der Waals surface area contributed by atoms with Gasteiger partial charge in [0.2, 0.25) is 21.8 Å². The van der Waals surface area contributed by atoms with Gasteiger partial charge in [-0.1, -0.05) is 60.7 Å². The van der Waals surface area contributed by atoms with Crippen LogP contribution in [-0.4, -0.2) is 55.9 Å². The van der Waals surface area contributed by atoms with Gasteiger partial charge in [-0.2, -0.15) is 0 Å². The van der Waals surface area contributed by atoms with Crippen LogP contribution < -0.4 is 15.8 Å². The number of nitrogens with one attached hydrogen (secondary N) is 3. The van der Waals surface area contributed by atoms with E-state index in [2.05, 4.69) is 10.0 Å². The Bertz CT molecular complexity index is 1400. The molecule has 0 spiro atoms. The van der Waals surface area contributed by atoms with Crippen molar-refractivity contribution in [3.8, 4) is 0 Å². The monoisotopic (exact) mass is 567 g/mol. The summed E-state index contributed by atoms with van der Waals surface area (Å²) in [6, 6.07) is 18.5. The number of rotatable bonds is 10.